The fourth-order valence-electron chi connectivity index (χ4n) is 2.67. The Hall–Kier alpha value is -3.13. The van der Waals surface area contributed by atoms with Crippen LogP contribution in [-0.4, -0.2) is 28.5 Å². The van der Waals surface area contributed by atoms with Crippen molar-refractivity contribution in [3.8, 4) is 0 Å². The first kappa shape index (κ1) is 20.6. The largest absolute Gasteiger partial charge is 0.352 e. The molecular formula is C21H22N4O3S. The van der Waals surface area contributed by atoms with Crippen molar-refractivity contribution in [2.45, 2.75) is 31.4 Å². The lowest BCUT2D eigenvalue weighted by atomic mass is 10.1. The molecule has 2 aromatic carbocycles. The first-order valence-corrected chi connectivity index (χ1v) is 10.2. The van der Waals surface area contributed by atoms with Crippen LogP contribution in [0.15, 0.2) is 51.9 Å². The molecule has 7 nitrogen and oxygen atoms in total. The standard InChI is InChI=1S/C21H22N4O3S/c1-4-22-20(26)15-10-9-13(2)17(11-15)24-21(27)16-7-5-6-8-18(16)29-12-19-23-14(3)25-28-19/h5-11H,4,12H2,1-3H3,(H,22,26)(H,24,27). The van der Waals surface area contributed by atoms with E-state index in [1.807, 2.05) is 38.1 Å². The van der Waals surface area contributed by atoms with Crippen LogP contribution in [-0.2, 0) is 5.75 Å². The predicted molar refractivity (Wildman–Crippen MR) is 112 cm³/mol. The molecular weight excluding hydrogens is 388 g/mol. The fourth-order valence-corrected chi connectivity index (χ4v) is 3.56. The van der Waals surface area contributed by atoms with Crippen LogP contribution >= 0.6 is 11.8 Å². The molecule has 2 N–H and O–H groups in total. The van der Waals surface area contributed by atoms with Gasteiger partial charge in [0, 0.05) is 22.7 Å². The van der Waals surface area contributed by atoms with E-state index in [1.165, 1.54) is 11.8 Å². The molecule has 0 aliphatic carbocycles. The van der Waals surface area contributed by atoms with Crippen molar-refractivity contribution in [2.24, 2.45) is 0 Å². The van der Waals surface area contributed by atoms with Crippen LogP contribution in [0.3, 0.4) is 0 Å². The predicted octanol–water partition coefficient (Wildman–Crippen LogP) is 3.98. The van der Waals surface area contributed by atoms with E-state index in [0.717, 1.165) is 10.5 Å². The van der Waals surface area contributed by atoms with Gasteiger partial charge in [-0.15, -0.1) is 11.8 Å². The van der Waals surface area contributed by atoms with Gasteiger partial charge in [0.2, 0.25) is 5.89 Å². The quantitative estimate of drug-likeness (QED) is 0.572. The first-order chi connectivity index (χ1) is 14.0. The third-order valence-electron chi connectivity index (χ3n) is 4.14. The van der Waals surface area contributed by atoms with E-state index < -0.39 is 0 Å². The fraction of sp³-hybridized carbons (Fsp3) is 0.238. The topological polar surface area (TPSA) is 97.1 Å². The van der Waals surface area contributed by atoms with Crippen molar-refractivity contribution in [3.63, 3.8) is 0 Å². The number of amides is 2. The Morgan fingerprint density at radius 3 is 2.62 bits per heavy atom. The zero-order chi connectivity index (χ0) is 20.8. The van der Waals surface area contributed by atoms with Gasteiger partial charge in [-0.3, -0.25) is 9.59 Å². The number of nitrogens with zero attached hydrogens (tertiary/aromatic N) is 2. The summed E-state index contributed by atoms with van der Waals surface area (Å²) in [5, 5.41) is 9.46. The molecule has 0 radical (unpaired) electrons. The third-order valence-corrected chi connectivity index (χ3v) is 5.20. The van der Waals surface area contributed by atoms with Crippen molar-refractivity contribution in [1.29, 1.82) is 0 Å². The number of nitrogens with one attached hydrogen (secondary N) is 2. The van der Waals surface area contributed by atoms with Gasteiger partial charge in [-0.2, -0.15) is 4.98 Å². The lowest BCUT2D eigenvalue weighted by Crippen LogP contribution is -2.23. The van der Waals surface area contributed by atoms with Crippen LogP contribution in [0.1, 0.15) is 44.9 Å². The minimum Gasteiger partial charge on any atom is -0.352 e. The molecule has 150 valence electrons. The molecule has 0 fully saturated rings. The van der Waals surface area contributed by atoms with E-state index in [1.54, 1.807) is 25.1 Å². The normalized spacial score (nSPS) is 10.6. The lowest BCUT2D eigenvalue weighted by molar-refractivity contribution is 0.0954. The molecule has 0 saturated carbocycles. The highest BCUT2D eigenvalue weighted by molar-refractivity contribution is 7.98. The highest BCUT2D eigenvalue weighted by Gasteiger charge is 2.15. The van der Waals surface area contributed by atoms with Crippen LogP contribution in [0.25, 0.3) is 0 Å². The number of hydrogen-bond acceptors (Lipinski definition) is 6. The Morgan fingerprint density at radius 2 is 1.90 bits per heavy atom. The van der Waals surface area contributed by atoms with Crippen LogP contribution in [0.5, 0.6) is 0 Å². The molecule has 0 aliphatic rings. The van der Waals surface area contributed by atoms with Gasteiger partial charge in [0.05, 0.1) is 11.3 Å². The molecule has 3 aromatic rings. The summed E-state index contributed by atoms with van der Waals surface area (Å²) in [5.41, 5.74) is 2.52. The minimum atomic E-state index is -0.244. The summed E-state index contributed by atoms with van der Waals surface area (Å²) in [6, 6.07) is 12.6. The SMILES string of the molecule is CCNC(=O)c1ccc(C)c(NC(=O)c2ccccc2SCc2nc(C)no2)c1. The molecule has 3 rings (SSSR count). The number of carbonyl (C=O) groups excluding carboxylic acids is 2. The summed E-state index contributed by atoms with van der Waals surface area (Å²) < 4.78 is 5.13. The molecule has 0 bridgehead atoms. The summed E-state index contributed by atoms with van der Waals surface area (Å²) in [6.07, 6.45) is 0. The summed E-state index contributed by atoms with van der Waals surface area (Å²) in [6.45, 7) is 6.05. The maximum absolute atomic E-state index is 12.9. The Labute approximate surface area is 173 Å². The van der Waals surface area contributed by atoms with E-state index in [9.17, 15) is 9.59 Å². The van der Waals surface area contributed by atoms with Gasteiger partial charge in [-0.25, -0.2) is 0 Å². The van der Waals surface area contributed by atoms with Crippen molar-refractivity contribution in [3.05, 3.63) is 70.9 Å². The van der Waals surface area contributed by atoms with Gasteiger partial charge in [0.15, 0.2) is 5.82 Å². The lowest BCUT2D eigenvalue weighted by Gasteiger charge is -2.12. The van der Waals surface area contributed by atoms with Crippen LogP contribution in [0, 0.1) is 13.8 Å². The molecule has 0 aliphatic heterocycles. The molecule has 29 heavy (non-hydrogen) atoms. The minimum absolute atomic E-state index is 0.172. The van der Waals surface area contributed by atoms with Crippen molar-refractivity contribution < 1.29 is 14.1 Å². The molecule has 1 aromatic heterocycles. The van der Waals surface area contributed by atoms with E-state index in [4.69, 9.17) is 4.52 Å². The Balaban J connectivity index is 1.77. The summed E-state index contributed by atoms with van der Waals surface area (Å²) in [7, 11) is 0. The maximum atomic E-state index is 12.9. The summed E-state index contributed by atoms with van der Waals surface area (Å²) >= 11 is 1.45. The van der Waals surface area contributed by atoms with Gasteiger partial charge < -0.3 is 15.2 Å². The maximum Gasteiger partial charge on any atom is 0.256 e. The molecule has 0 spiro atoms. The second kappa shape index (κ2) is 9.38. The molecule has 2 amide bonds. The van der Waals surface area contributed by atoms with Crippen molar-refractivity contribution >= 4 is 29.3 Å². The number of aryl methyl sites for hydroxylation is 2. The smallest absolute Gasteiger partial charge is 0.256 e. The highest BCUT2D eigenvalue weighted by atomic mass is 32.2. The average molecular weight is 410 g/mol. The molecule has 1 heterocycles. The number of rotatable bonds is 7. The average Bonchev–Trinajstić information content (AvgIpc) is 3.13. The van der Waals surface area contributed by atoms with Crippen LogP contribution < -0.4 is 10.6 Å². The van der Waals surface area contributed by atoms with Gasteiger partial charge in [0.1, 0.15) is 0 Å². The van der Waals surface area contributed by atoms with Crippen LogP contribution in [0.4, 0.5) is 5.69 Å². The summed E-state index contributed by atoms with van der Waals surface area (Å²) in [5.74, 6) is 1.14. The third kappa shape index (κ3) is 5.23. The van der Waals surface area contributed by atoms with E-state index in [2.05, 4.69) is 20.8 Å². The Kier molecular flexibility index (Phi) is 6.66. The second-order valence-electron chi connectivity index (χ2n) is 6.36. The van der Waals surface area contributed by atoms with E-state index in [0.29, 0.717) is 40.8 Å². The van der Waals surface area contributed by atoms with Crippen molar-refractivity contribution in [2.75, 3.05) is 11.9 Å². The van der Waals surface area contributed by atoms with Gasteiger partial charge >= 0.3 is 0 Å². The van der Waals surface area contributed by atoms with E-state index in [-0.39, 0.29) is 11.8 Å². The number of hydrogen-bond donors (Lipinski definition) is 2. The molecule has 0 atom stereocenters. The molecule has 0 unspecified atom stereocenters. The number of anilines is 1. The monoisotopic (exact) mass is 410 g/mol. The summed E-state index contributed by atoms with van der Waals surface area (Å²) in [4.78, 5) is 30.0. The first-order valence-electron chi connectivity index (χ1n) is 9.19. The van der Waals surface area contributed by atoms with Crippen LogP contribution in [0.2, 0.25) is 0 Å². The second-order valence-corrected chi connectivity index (χ2v) is 7.38. The zero-order valence-corrected chi connectivity index (χ0v) is 17.3. The van der Waals surface area contributed by atoms with Gasteiger partial charge in [-0.05, 0) is 50.6 Å². The number of aromatic nitrogens is 2. The number of benzene rings is 2. The Morgan fingerprint density at radius 1 is 1.10 bits per heavy atom. The molecule has 8 heteroatoms. The van der Waals surface area contributed by atoms with Gasteiger partial charge in [0.25, 0.3) is 11.8 Å². The van der Waals surface area contributed by atoms with Crippen molar-refractivity contribution in [1.82, 2.24) is 15.5 Å². The molecule has 0 saturated heterocycles. The van der Waals surface area contributed by atoms with Gasteiger partial charge in [-0.1, -0.05) is 23.4 Å². The highest BCUT2D eigenvalue weighted by Crippen LogP contribution is 2.27. The van der Waals surface area contributed by atoms with E-state index >= 15 is 0 Å². The number of carbonyl (C=O) groups is 2. The number of thioether (sulfide) groups is 1. The Bertz CT molecular complexity index is 1030. The zero-order valence-electron chi connectivity index (χ0n) is 16.5.